The third-order valence-corrected chi connectivity index (χ3v) is 3.91. The number of hydrogen-bond acceptors (Lipinski definition) is 5. The van der Waals surface area contributed by atoms with Gasteiger partial charge in [-0.15, -0.1) is 0 Å². The Morgan fingerprint density at radius 3 is 2.38 bits per heavy atom. The van der Waals surface area contributed by atoms with E-state index in [0.29, 0.717) is 51.7 Å². The molecule has 0 aromatic carbocycles. The summed E-state index contributed by atoms with van der Waals surface area (Å²) in [6.45, 7) is 1.40. The summed E-state index contributed by atoms with van der Waals surface area (Å²) in [7, 11) is 0. The maximum atomic E-state index is 11.9. The molecule has 0 aromatic heterocycles. The summed E-state index contributed by atoms with van der Waals surface area (Å²) in [6, 6.07) is 1.86. The molecule has 0 radical (unpaired) electrons. The summed E-state index contributed by atoms with van der Waals surface area (Å²) in [5.74, 6) is -2.46. The first-order valence-corrected chi connectivity index (χ1v) is 8.02. The standard InChI is InChI=1S/C16H23N3O5/c17-10-13(11-19-8-5-12(6-9-19)16(23)24)15(22)18-7-3-1-2-4-14(20)21/h11-12H,1-9H2,(H,18,22)(H,20,21)(H,23,24)/b13-11-. The Morgan fingerprint density at radius 1 is 1.17 bits per heavy atom. The van der Waals surface area contributed by atoms with Crippen LogP contribution in [0.3, 0.4) is 0 Å². The zero-order valence-electron chi connectivity index (χ0n) is 13.5. The third kappa shape index (κ3) is 7.13. The van der Waals surface area contributed by atoms with Crippen LogP contribution in [0.4, 0.5) is 0 Å². The van der Waals surface area contributed by atoms with Crippen LogP contribution in [0.5, 0.6) is 0 Å². The predicted octanol–water partition coefficient (Wildman–Crippen LogP) is 0.952. The van der Waals surface area contributed by atoms with Gasteiger partial charge in [0.05, 0.1) is 5.92 Å². The van der Waals surface area contributed by atoms with Gasteiger partial charge in [-0.3, -0.25) is 14.4 Å². The van der Waals surface area contributed by atoms with Crippen LogP contribution >= 0.6 is 0 Å². The second-order valence-corrected chi connectivity index (χ2v) is 5.76. The maximum absolute atomic E-state index is 11.9. The van der Waals surface area contributed by atoms with E-state index in [9.17, 15) is 14.4 Å². The topological polar surface area (TPSA) is 131 Å². The Kier molecular flexibility index (Phi) is 8.33. The second-order valence-electron chi connectivity index (χ2n) is 5.76. The number of amides is 1. The Bertz CT molecular complexity index is 530. The van der Waals surface area contributed by atoms with Gasteiger partial charge in [0.2, 0.25) is 0 Å². The number of carbonyl (C=O) groups is 3. The molecule has 0 saturated carbocycles. The fraction of sp³-hybridized carbons (Fsp3) is 0.625. The van der Waals surface area contributed by atoms with Gasteiger partial charge >= 0.3 is 11.9 Å². The van der Waals surface area contributed by atoms with E-state index in [1.165, 1.54) is 6.20 Å². The first-order chi connectivity index (χ1) is 11.4. The third-order valence-electron chi connectivity index (χ3n) is 3.91. The molecule has 1 rings (SSSR count). The van der Waals surface area contributed by atoms with Crippen molar-refractivity contribution in [3.05, 3.63) is 11.8 Å². The molecule has 1 saturated heterocycles. The number of nitriles is 1. The highest BCUT2D eigenvalue weighted by atomic mass is 16.4. The number of hydrogen-bond donors (Lipinski definition) is 3. The van der Waals surface area contributed by atoms with Crippen molar-refractivity contribution in [2.75, 3.05) is 19.6 Å². The Labute approximate surface area is 140 Å². The Hall–Kier alpha value is -2.56. The highest BCUT2D eigenvalue weighted by Crippen LogP contribution is 2.18. The van der Waals surface area contributed by atoms with Gasteiger partial charge in [0.25, 0.3) is 5.91 Å². The molecule has 0 unspecified atom stereocenters. The van der Waals surface area contributed by atoms with E-state index in [1.807, 2.05) is 6.07 Å². The lowest BCUT2D eigenvalue weighted by Gasteiger charge is -2.29. The number of carboxylic acids is 2. The molecule has 0 aliphatic carbocycles. The molecule has 1 aliphatic heterocycles. The molecule has 132 valence electrons. The first-order valence-electron chi connectivity index (χ1n) is 8.02. The average Bonchev–Trinajstić information content (AvgIpc) is 2.55. The van der Waals surface area contributed by atoms with Crippen LogP contribution in [0.15, 0.2) is 11.8 Å². The van der Waals surface area contributed by atoms with Crippen molar-refractivity contribution in [2.45, 2.75) is 38.5 Å². The molecule has 1 amide bonds. The van der Waals surface area contributed by atoms with Crippen LogP contribution in [0.1, 0.15) is 38.5 Å². The molecule has 8 heteroatoms. The van der Waals surface area contributed by atoms with E-state index < -0.39 is 17.8 Å². The van der Waals surface area contributed by atoms with Crippen LogP contribution in [0, 0.1) is 17.2 Å². The van der Waals surface area contributed by atoms with Crippen molar-refractivity contribution >= 4 is 17.8 Å². The molecule has 1 fully saturated rings. The van der Waals surface area contributed by atoms with Crippen LogP contribution in [-0.4, -0.2) is 52.6 Å². The lowest BCUT2D eigenvalue weighted by atomic mass is 9.97. The fourth-order valence-electron chi connectivity index (χ4n) is 2.47. The fourth-order valence-corrected chi connectivity index (χ4v) is 2.47. The molecule has 1 heterocycles. The number of piperidine rings is 1. The molecule has 8 nitrogen and oxygen atoms in total. The van der Waals surface area contributed by atoms with E-state index >= 15 is 0 Å². The summed E-state index contributed by atoms with van der Waals surface area (Å²) in [5, 5.41) is 29.2. The van der Waals surface area contributed by atoms with Crippen LogP contribution in [0.25, 0.3) is 0 Å². The van der Waals surface area contributed by atoms with E-state index in [-0.39, 0.29) is 17.9 Å². The molecule has 1 aliphatic rings. The molecule has 3 N–H and O–H groups in total. The Balaban J connectivity index is 2.34. The van der Waals surface area contributed by atoms with Gasteiger partial charge in [-0.2, -0.15) is 5.26 Å². The maximum Gasteiger partial charge on any atom is 0.306 e. The molecule has 0 bridgehead atoms. The van der Waals surface area contributed by atoms with Crippen LogP contribution in [0.2, 0.25) is 0 Å². The molecule has 0 aromatic rings. The number of carbonyl (C=O) groups excluding carboxylic acids is 1. The first kappa shape index (κ1) is 19.5. The minimum atomic E-state index is -0.833. The van der Waals surface area contributed by atoms with Crippen molar-refractivity contribution in [3.8, 4) is 6.07 Å². The number of unbranched alkanes of at least 4 members (excludes halogenated alkanes) is 2. The van der Waals surface area contributed by atoms with Gasteiger partial charge in [0.1, 0.15) is 11.6 Å². The lowest BCUT2D eigenvalue weighted by Crippen LogP contribution is -2.34. The second kappa shape index (κ2) is 10.3. The average molecular weight is 337 g/mol. The molecular formula is C16H23N3O5. The molecule has 24 heavy (non-hydrogen) atoms. The normalized spacial score (nSPS) is 15.6. The summed E-state index contributed by atoms with van der Waals surface area (Å²) in [5.41, 5.74) is -0.00527. The number of aliphatic carboxylic acids is 2. The van der Waals surface area contributed by atoms with Crippen molar-refractivity contribution in [1.29, 1.82) is 5.26 Å². The minimum absolute atomic E-state index is 0.00527. The highest BCUT2D eigenvalue weighted by Gasteiger charge is 2.23. The van der Waals surface area contributed by atoms with E-state index in [0.717, 1.165) is 0 Å². The van der Waals surface area contributed by atoms with Gasteiger partial charge < -0.3 is 20.4 Å². The smallest absolute Gasteiger partial charge is 0.306 e. The monoisotopic (exact) mass is 337 g/mol. The SMILES string of the molecule is N#C/C(=C/N1CCC(C(=O)O)CC1)C(=O)NCCCCCC(=O)O. The van der Waals surface area contributed by atoms with Gasteiger partial charge in [-0.1, -0.05) is 6.42 Å². The predicted molar refractivity (Wildman–Crippen MR) is 84.7 cm³/mol. The van der Waals surface area contributed by atoms with Crippen molar-refractivity contribution in [2.24, 2.45) is 5.92 Å². The summed E-state index contributed by atoms with van der Waals surface area (Å²) in [6.07, 6.45) is 4.50. The summed E-state index contributed by atoms with van der Waals surface area (Å²) < 4.78 is 0. The molecule has 0 spiro atoms. The highest BCUT2D eigenvalue weighted by molar-refractivity contribution is 5.97. The number of likely N-dealkylation sites (tertiary alicyclic amines) is 1. The van der Waals surface area contributed by atoms with Gasteiger partial charge in [-0.25, -0.2) is 0 Å². The van der Waals surface area contributed by atoms with Crippen molar-refractivity contribution in [1.82, 2.24) is 10.2 Å². The zero-order valence-corrected chi connectivity index (χ0v) is 13.5. The van der Waals surface area contributed by atoms with Gasteiger partial charge in [-0.05, 0) is 25.7 Å². The van der Waals surface area contributed by atoms with Crippen molar-refractivity contribution in [3.63, 3.8) is 0 Å². The molecular weight excluding hydrogens is 314 g/mol. The number of nitrogens with one attached hydrogen (secondary N) is 1. The summed E-state index contributed by atoms with van der Waals surface area (Å²) >= 11 is 0. The zero-order chi connectivity index (χ0) is 17.9. The van der Waals surface area contributed by atoms with E-state index in [1.54, 1.807) is 4.90 Å². The van der Waals surface area contributed by atoms with Crippen molar-refractivity contribution < 1.29 is 24.6 Å². The largest absolute Gasteiger partial charge is 0.481 e. The van der Waals surface area contributed by atoms with E-state index in [2.05, 4.69) is 5.32 Å². The van der Waals surface area contributed by atoms with Gasteiger partial charge in [0, 0.05) is 32.3 Å². The van der Waals surface area contributed by atoms with Gasteiger partial charge in [0.15, 0.2) is 0 Å². The molecule has 0 atom stereocenters. The number of rotatable bonds is 9. The van der Waals surface area contributed by atoms with E-state index in [4.69, 9.17) is 15.5 Å². The number of carboxylic acid groups (broad SMARTS) is 2. The quantitative estimate of drug-likeness (QED) is 0.324. The number of nitrogens with zero attached hydrogens (tertiary/aromatic N) is 2. The lowest BCUT2D eigenvalue weighted by molar-refractivity contribution is -0.143. The van der Waals surface area contributed by atoms with Crippen LogP contribution in [-0.2, 0) is 14.4 Å². The minimum Gasteiger partial charge on any atom is -0.481 e. The Morgan fingerprint density at radius 2 is 1.83 bits per heavy atom. The summed E-state index contributed by atoms with van der Waals surface area (Å²) in [4.78, 5) is 35.0. The van der Waals surface area contributed by atoms with Crippen LogP contribution < -0.4 is 5.32 Å².